The molecule has 0 spiro atoms. The summed E-state index contributed by atoms with van der Waals surface area (Å²) >= 11 is 0. The summed E-state index contributed by atoms with van der Waals surface area (Å²) in [5, 5.41) is 8.32. The normalized spacial score (nSPS) is 15.2. The van der Waals surface area contributed by atoms with Crippen molar-refractivity contribution in [3.8, 4) is 0 Å². The third-order valence-electron chi connectivity index (χ3n) is 3.70. The van der Waals surface area contributed by atoms with E-state index in [4.69, 9.17) is 0 Å². The maximum atomic E-state index is 13.7. The molecule has 1 aliphatic rings. The average Bonchev–Trinajstić information content (AvgIpc) is 2.48. The minimum Gasteiger partial charge on any atom is -0.374 e. The van der Waals surface area contributed by atoms with Gasteiger partial charge in [0.15, 0.2) is 0 Å². The molecular formula is C16H22FN3O2. The number of carbonyl (C=O) groups is 2. The van der Waals surface area contributed by atoms with Crippen molar-refractivity contribution in [3.05, 3.63) is 24.0 Å². The van der Waals surface area contributed by atoms with E-state index in [1.165, 1.54) is 31.5 Å². The number of rotatable bonds is 5. The first kappa shape index (κ1) is 16.3. The topological polar surface area (TPSA) is 70.2 Å². The van der Waals surface area contributed by atoms with Gasteiger partial charge in [0.25, 0.3) is 0 Å². The van der Waals surface area contributed by atoms with Gasteiger partial charge in [0, 0.05) is 18.7 Å². The second-order valence-corrected chi connectivity index (χ2v) is 5.63. The molecule has 0 bridgehead atoms. The van der Waals surface area contributed by atoms with Gasteiger partial charge in [-0.3, -0.25) is 9.59 Å². The monoisotopic (exact) mass is 307 g/mol. The van der Waals surface area contributed by atoms with E-state index in [1.54, 1.807) is 0 Å². The molecule has 0 saturated heterocycles. The van der Waals surface area contributed by atoms with E-state index >= 15 is 0 Å². The Morgan fingerprint density at radius 3 is 2.64 bits per heavy atom. The van der Waals surface area contributed by atoms with Crippen molar-refractivity contribution >= 4 is 23.2 Å². The number of hydrogen-bond acceptors (Lipinski definition) is 3. The van der Waals surface area contributed by atoms with Crippen molar-refractivity contribution in [2.75, 3.05) is 17.2 Å². The number of nitrogens with one attached hydrogen (secondary N) is 3. The summed E-state index contributed by atoms with van der Waals surface area (Å²) in [6.07, 6.45) is 5.54. The van der Waals surface area contributed by atoms with Gasteiger partial charge < -0.3 is 16.0 Å². The van der Waals surface area contributed by atoms with E-state index in [9.17, 15) is 14.0 Å². The van der Waals surface area contributed by atoms with Crippen LogP contribution in [-0.4, -0.2) is 24.4 Å². The molecule has 0 aliphatic heterocycles. The predicted molar refractivity (Wildman–Crippen MR) is 84.2 cm³/mol. The van der Waals surface area contributed by atoms with Gasteiger partial charge in [-0.25, -0.2) is 4.39 Å². The highest BCUT2D eigenvalue weighted by molar-refractivity contribution is 5.89. The van der Waals surface area contributed by atoms with Crippen LogP contribution < -0.4 is 16.0 Å². The highest BCUT2D eigenvalue weighted by Crippen LogP contribution is 2.20. The lowest BCUT2D eigenvalue weighted by Crippen LogP contribution is -2.39. The molecule has 0 unspecified atom stereocenters. The third-order valence-corrected chi connectivity index (χ3v) is 3.70. The van der Waals surface area contributed by atoms with Crippen LogP contribution in [0.1, 0.15) is 39.0 Å². The summed E-state index contributed by atoms with van der Waals surface area (Å²) in [6, 6.07) is 4.44. The van der Waals surface area contributed by atoms with Crippen molar-refractivity contribution in [1.29, 1.82) is 0 Å². The number of carbonyl (C=O) groups excluding carboxylic acids is 2. The summed E-state index contributed by atoms with van der Waals surface area (Å²) in [6.45, 7) is 1.39. The molecule has 1 aromatic rings. The Balaban J connectivity index is 1.87. The lowest BCUT2D eigenvalue weighted by atomic mass is 9.95. The average molecular weight is 307 g/mol. The molecule has 2 amide bonds. The van der Waals surface area contributed by atoms with Crippen LogP contribution in [0.2, 0.25) is 0 Å². The van der Waals surface area contributed by atoms with Crippen molar-refractivity contribution in [1.82, 2.24) is 5.32 Å². The molecule has 1 aliphatic carbocycles. The molecule has 6 heteroatoms. The first-order valence-electron chi connectivity index (χ1n) is 7.65. The highest BCUT2D eigenvalue weighted by Gasteiger charge is 2.15. The van der Waals surface area contributed by atoms with Gasteiger partial charge in [-0.05, 0) is 31.0 Å². The van der Waals surface area contributed by atoms with Gasteiger partial charge in [-0.2, -0.15) is 0 Å². The van der Waals surface area contributed by atoms with Gasteiger partial charge in [0.2, 0.25) is 11.8 Å². The highest BCUT2D eigenvalue weighted by atomic mass is 19.1. The van der Waals surface area contributed by atoms with Crippen molar-refractivity contribution in [3.63, 3.8) is 0 Å². The van der Waals surface area contributed by atoms with Crippen LogP contribution in [0.5, 0.6) is 0 Å². The smallest absolute Gasteiger partial charge is 0.239 e. The Labute approximate surface area is 129 Å². The van der Waals surface area contributed by atoms with Gasteiger partial charge in [-0.1, -0.05) is 19.3 Å². The summed E-state index contributed by atoms with van der Waals surface area (Å²) < 4.78 is 13.7. The fourth-order valence-corrected chi connectivity index (χ4v) is 2.64. The first-order chi connectivity index (χ1) is 10.5. The van der Waals surface area contributed by atoms with E-state index < -0.39 is 5.82 Å². The Morgan fingerprint density at radius 2 is 1.95 bits per heavy atom. The molecule has 22 heavy (non-hydrogen) atoms. The van der Waals surface area contributed by atoms with E-state index in [-0.39, 0.29) is 30.1 Å². The summed E-state index contributed by atoms with van der Waals surface area (Å²) in [5.41, 5.74) is 0.689. The number of halogens is 1. The lowest BCUT2D eigenvalue weighted by molar-refractivity contribution is -0.120. The summed E-state index contributed by atoms with van der Waals surface area (Å²) in [5.74, 6) is -0.830. The zero-order valence-electron chi connectivity index (χ0n) is 12.7. The minimum atomic E-state index is -0.459. The van der Waals surface area contributed by atoms with Crippen molar-refractivity contribution in [2.45, 2.75) is 45.1 Å². The van der Waals surface area contributed by atoms with Gasteiger partial charge in [-0.15, -0.1) is 0 Å². The second kappa shape index (κ2) is 7.77. The maximum Gasteiger partial charge on any atom is 0.239 e. The molecule has 0 aromatic heterocycles. The van der Waals surface area contributed by atoms with Crippen molar-refractivity contribution < 1.29 is 14.0 Å². The zero-order valence-corrected chi connectivity index (χ0v) is 12.7. The summed E-state index contributed by atoms with van der Waals surface area (Å²) in [7, 11) is 0. The predicted octanol–water partition coefficient (Wildman–Crippen LogP) is 2.64. The van der Waals surface area contributed by atoms with Gasteiger partial charge >= 0.3 is 0 Å². The maximum absolute atomic E-state index is 13.7. The molecule has 2 rings (SSSR count). The Morgan fingerprint density at radius 1 is 1.23 bits per heavy atom. The van der Waals surface area contributed by atoms with Crippen LogP contribution >= 0.6 is 0 Å². The van der Waals surface area contributed by atoms with E-state index in [1.807, 2.05) is 0 Å². The summed E-state index contributed by atoms with van der Waals surface area (Å²) in [4.78, 5) is 22.9. The molecule has 1 fully saturated rings. The van der Waals surface area contributed by atoms with E-state index in [2.05, 4.69) is 16.0 Å². The van der Waals surface area contributed by atoms with Crippen LogP contribution in [0.4, 0.5) is 15.8 Å². The molecule has 1 aromatic carbocycles. The Kier molecular flexibility index (Phi) is 5.75. The van der Waals surface area contributed by atoms with Crippen molar-refractivity contribution in [2.24, 2.45) is 0 Å². The van der Waals surface area contributed by atoms with Gasteiger partial charge in [0.1, 0.15) is 5.82 Å². The van der Waals surface area contributed by atoms with Crippen LogP contribution in [0, 0.1) is 5.82 Å². The lowest BCUT2D eigenvalue weighted by Gasteiger charge is -2.23. The molecule has 5 nitrogen and oxygen atoms in total. The van der Waals surface area contributed by atoms with E-state index in [0.717, 1.165) is 25.7 Å². The molecular weight excluding hydrogens is 285 g/mol. The van der Waals surface area contributed by atoms with Crippen LogP contribution in [0.3, 0.4) is 0 Å². The molecule has 0 atom stereocenters. The molecule has 3 N–H and O–H groups in total. The molecule has 0 radical (unpaired) electrons. The second-order valence-electron chi connectivity index (χ2n) is 5.63. The third kappa shape index (κ3) is 5.02. The molecule has 0 heterocycles. The fourth-order valence-electron chi connectivity index (χ4n) is 2.64. The minimum absolute atomic E-state index is 0.0109. The van der Waals surface area contributed by atoms with Crippen LogP contribution in [0.25, 0.3) is 0 Å². The van der Waals surface area contributed by atoms with Gasteiger partial charge in [0.05, 0.1) is 12.2 Å². The molecule has 120 valence electrons. The quantitative estimate of drug-likeness (QED) is 0.783. The number of benzene rings is 1. The Bertz CT molecular complexity index is 542. The number of amides is 2. The fraction of sp³-hybridized carbons (Fsp3) is 0.500. The first-order valence-corrected chi connectivity index (χ1v) is 7.65. The largest absolute Gasteiger partial charge is 0.374 e. The number of anilines is 2. The molecule has 1 saturated carbocycles. The SMILES string of the molecule is CC(=O)Nc1ccc(F)c(NCC(=O)NC2CCCCC2)c1. The van der Waals surface area contributed by atoms with Crippen LogP contribution in [-0.2, 0) is 9.59 Å². The standard InChI is InChI=1S/C16H22FN3O2/c1-11(21)19-13-7-8-14(17)15(9-13)18-10-16(22)20-12-5-3-2-4-6-12/h7-9,12,18H,2-6,10H2,1H3,(H,19,21)(H,20,22). The number of hydrogen-bond donors (Lipinski definition) is 3. The Hall–Kier alpha value is -2.11. The zero-order chi connectivity index (χ0) is 15.9. The van der Waals surface area contributed by atoms with Crippen LogP contribution in [0.15, 0.2) is 18.2 Å². The van der Waals surface area contributed by atoms with E-state index in [0.29, 0.717) is 5.69 Å².